The summed E-state index contributed by atoms with van der Waals surface area (Å²) in [5.74, 6) is -2.35. The van der Waals surface area contributed by atoms with Crippen LogP contribution in [0.3, 0.4) is 0 Å². The minimum atomic E-state index is -1.40. The Morgan fingerprint density at radius 3 is 2.14 bits per heavy atom. The Labute approximate surface area is 319 Å². The number of nitrogens with one attached hydrogen (secondary N) is 2. The molecule has 0 aliphatic carbocycles. The van der Waals surface area contributed by atoms with Crippen molar-refractivity contribution in [3.8, 4) is 0 Å². The summed E-state index contributed by atoms with van der Waals surface area (Å²) >= 11 is 0. The molecule has 0 radical (unpaired) electrons. The van der Waals surface area contributed by atoms with E-state index < -0.39 is 48.4 Å². The second-order valence-corrected chi connectivity index (χ2v) is 12.6. The first-order valence-electron chi connectivity index (χ1n) is 17.6. The number of aromatic carboxylic acids is 1. The quantitative estimate of drug-likeness (QED) is 0.135. The molecule has 56 heavy (non-hydrogen) atoms. The van der Waals surface area contributed by atoms with E-state index in [0.717, 1.165) is 11.1 Å². The van der Waals surface area contributed by atoms with E-state index in [1.807, 2.05) is 43.3 Å². The Morgan fingerprint density at radius 1 is 0.875 bits per heavy atom. The smallest absolute Gasteiger partial charge is 0.303 e. The third-order valence-electron chi connectivity index (χ3n) is 8.63. The zero-order valence-electron chi connectivity index (χ0n) is 30.8. The molecule has 4 atom stereocenters. The Morgan fingerprint density at radius 2 is 1.54 bits per heavy atom. The van der Waals surface area contributed by atoms with E-state index in [2.05, 4.69) is 54.5 Å². The Bertz CT molecular complexity index is 2280. The maximum atomic E-state index is 12.2. The highest BCUT2D eigenvalue weighted by Gasteiger charge is 2.51. The molecule has 1 fully saturated rings. The highest BCUT2D eigenvalue weighted by atomic mass is 16.7. The molecule has 0 bridgehead atoms. The number of carbonyl (C=O) groups is 4. The molecular formula is C38H38N9O9-. The lowest BCUT2D eigenvalue weighted by Gasteiger charge is -2.24. The number of nitrogens with zero attached hydrogens (tertiary/aromatic N) is 7. The standard InChI is InChI=1S/C32H35N5O7.C6H4N4O2/c1-5-26-35-30(33-16-24(22-12-8-6-9-13-22)23-14-10-7-11-15-23)27-31(36-26)37(18-34-27)32-29(43-21(4)40)28(42-20(3)39)25(44-32)17-41-19(2)38;11-6(12)5-7-1-3-4(10-5)9-2-8-3/h6-15,18,24-25,28-29,32H,5,16-17H2,1-4H3,(H,33,35,36);1-2H,(H,11,12)(H,7,8,9,10)/p-1/t25-,28-,29-,32-;/m1./s1. The number of anilines is 1. The number of fused-ring (bicyclic) bond motifs is 2. The van der Waals surface area contributed by atoms with E-state index in [1.165, 1.54) is 39.6 Å². The summed E-state index contributed by atoms with van der Waals surface area (Å²) in [6, 6.07) is 20.4. The minimum absolute atomic E-state index is 0.0348. The number of esters is 3. The first-order valence-corrected chi connectivity index (χ1v) is 17.6. The predicted octanol–water partition coefficient (Wildman–Crippen LogP) is 2.67. The highest BCUT2D eigenvalue weighted by molar-refractivity contribution is 5.84. The number of benzene rings is 2. The summed E-state index contributed by atoms with van der Waals surface area (Å²) in [5.41, 5.74) is 4.14. The van der Waals surface area contributed by atoms with Crippen molar-refractivity contribution in [2.75, 3.05) is 18.5 Å². The number of carboxylic acid groups (broad SMARTS) is 1. The minimum Gasteiger partial charge on any atom is -0.542 e. The van der Waals surface area contributed by atoms with Crippen LogP contribution in [0, 0.1) is 0 Å². The second kappa shape index (κ2) is 17.5. The Balaban J connectivity index is 0.000000374. The largest absolute Gasteiger partial charge is 0.542 e. The van der Waals surface area contributed by atoms with Gasteiger partial charge in [0.2, 0.25) is 0 Å². The van der Waals surface area contributed by atoms with Crippen LogP contribution >= 0.6 is 0 Å². The summed E-state index contributed by atoms with van der Waals surface area (Å²) in [6.45, 7) is 6.02. The number of aromatic amines is 1. The van der Waals surface area contributed by atoms with Gasteiger partial charge >= 0.3 is 17.9 Å². The zero-order valence-corrected chi connectivity index (χ0v) is 30.8. The van der Waals surface area contributed by atoms with Crippen molar-refractivity contribution in [1.82, 2.24) is 39.5 Å². The molecule has 2 N–H and O–H groups in total. The third kappa shape index (κ3) is 9.09. The van der Waals surface area contributed by atoms with Crippen molar-refractivity contribution < 1.29 is 43.2 Å². The van der Waals surface area contributed by atoms with Gasteiger partial charge in [-0.15, -0.1) is 0 Å². The zero-order chi connectivity index (χ0) is 39.8. The molecular weight excluding hydrogens is 726 g/mol. The van der Waals surface area contributed by atoms with Gasteiger partial charge in [-0.3, -0.25) is 19.0 Å². The van der Waals surface area contributed by atoms with E-state index in [4.69, 9.17) is 28.9 Å². The lowest BCUT2D eigenvalue weighted by molar-refractivity contribution is -0.256. The topological polar surface area (TPSA) is 238 Å². The summed E-state index contributed by atoms with van der Waals surface area (Å²) in [5, 5.41) is 13.8. The van der Waals surface area contributed by atoms with Gasteiger partial charge in [0.25, 0.3) is 0 Å². The van der Waals surface area contributed by atoms with Gasteiger partial charge in [-0.1, -0.05) is 67.6 Å². The lowest BCUT2D eigenvalue weighted by atomic mass is 9.91. The molecule has 0 spiro atoms. The molecule has 1 aliphatic heterocycles. The molecule has 5 heterocycles. The number of aromatic nitrogens is 8. The van der Waals surface area contributed by atoms with E-state index in [0.29, 0.717) is 46.9 Å². The van der Waals surface area contributed by atoms with Crippen molar-refractivity contribution in [3.05, 3.63) is 102 Å². The van der Waals surface area contributed by atoms with Gasteiger partial charge in [0.1, 0.15) is 30.0 Å². The number of H-pyrrole nitrogens is 1. The predicted molar refractivity (Wildman–Crippen MR) is 196 cm³/mol. The van der Waals surface area contributed by atoms with Crippen LogP contribution in [0.1, 0.15) is 67.4 Å². The van der Waals surface area contributed by atoms with Gasteiger partial charge in [0.15, 0.2) is 46.9 Å². The van der Waals surface area contributed by atoms with Gasteiger partial charge in [0, 0.05) is 39.7 Å². The molecule has 1 aliphatic rings. The average Bonchev–Trinajstić information content (AvgIpc) is 3.92. The average molecular weight is 765 g/mol. The molecule has 0 amide bonds. The van der Waals surface area contributed by atoms with Crippen molar-refractivity contribution >= 4 is 52.0 Å². The maximum Gasteiger partial charge on any atom is 0.303 e. The number of carbonyl (C=O) groups excluding carboxylic acids is 4. The molecule has 1 saturated heterocycles. The van der Waals surface area contributed by atoms with Gasteiger partial charge < -0.3 is 39.1 Å². The van der Waals surface area contributed by atoms with Crippen LogP contribution in [0.25, 0.3) is 22.3 Å². The van der Waals surface area contributed by atoms with Crippen molar-refractivity contribution in [2.24, 2.45) is 0 Å². The molecule has 7 rings (SSSR count). The molecule has 0 saturated carbocycles. The Kier molecular flexibility index (Phi) is 12.2. The van der Waals surface area contributed by atoms with Crippen LogP contribution in [-0.2, 0) is 39.8 Å². The van der Waals surface area contributed by atoms with Crippen molar-refractivity contribution in [2.45, 2.75) is 64.6 Å². The van der Waals surface area contributed by atoms with Crippen LogP contribution in [0.2, 0.25) is 0 Å². The third-order valence-corrected chi connectivity index (χ3v) is 8.63. The first kappa shape index (κ1) is 38.9. The molecule has 2 aromatic carbocycles. The number of hydrogen-bond acceptors (Lipinski definition) is 16. The highest BCUT2D eigenvalue weighted by Crippen LogP contribution is 2.37. The van der Waals surface area contributed by atoms with Crippen molar-refractivity contribution in [1.29, 1.82) is 0 Å². The van der Waals surface area contributed by atoms with Crippen molar-refractivity contribution in [3.63, 3.8) is 0 Å². The fourth-order valence-electron chi connectivity index (χ4n) is 6.18. The van der Waals surface area contributed by atoms with E-state index in [1.54, 1.807) is 4.57 Å². The Hall–Kier alpha value is -6.82. The van der Waals surface area contributed by atoms with Crippen LogP contribution in [0.15, 0.2) is 79.5 Å². The summed E-state index contributed by atoms with van der Waals surface area (Å²) < 4.78 is 24.2. The SMILES string of the molecule is CCc1nc(NCC(c2ccccc2)c2ccccc2)c2ncn([C@@H]3O[C@H](COC(C)=O)[C@@H](OC(C)=O)[C@H]3OC(C)=O)c2n1.O=C([O-])c1ncc2[nH]cnc2n1. The van der Waals surface area contributed by atoms with Gasteiger partial charge in [0.05, 0.1) is 18.9 Å². The number of imidazole rings is 2. The normalized spacial score (nSPS) is 17.6. The second-order valence-electron chi connectivity index (χ2n) is 12.6. The molecule has 18 heteroatoms. The number of hydrogen-bond donors (Lipinski definition) is 2. The number of aryl methyl sites for hydroxylation is 1. The number of rotatable bonds is 12. The fraction of sp³-hybridized carbons (Fsp3) is 0.316. The van der Waals surface area contributed by atoms with Crippen LogP contribution in [0.5, 0.6) is 0 Å². The molecule has 290 valence electrons. The first-order chi connectivity index (χ1) is 27.0. The number of carboxylic acids is 1. The van der Waals surface area contributed by atoms with E-state index >= 15 is 0 Å². The molecule has 0 unspecified atom stereocenters. The van der Waals surface area contributed by atoms with Gasteiger partial charge in [-0.25, -0.2) is 29.9 Å². The van der Waals surface area contributed by atoms with Crippen LogP contribution in [0.4, 0.5) is 5.82 Å². The van der Waals surface area contributed by atoms with Crippen LogP contribution in [-0.4, -0.2) is 94.8 Å². The number of ether oxygens (including phenoxy) is 4. The lowest BCUT2D eigenvalue weighted by Crippen LogP contribution is -2.40. The van der Waals surface area contributed by atoms with Gasteiger partial charge in [-0.2, -0.15) is 0 Å². The molecule has 4 aromatic heterocycles. The van der Waals surface area contributed by atoms with E-state index in [-0.39, 0.29) is 18.3 Å². The van der Waals surface area contributed by atoms with E-state index in [9.17, 15) is 24.3 Å². The monoisotopic (exact) mass is 764 g/mol. The summed E-state index contributed by atoms with van der Waals surface area (Å²) in [7, 11) is 0. The summed E-state index contributed by atoms with van der Waals surface area (Å²) in [4.78, 5) is 73.8. The van der Waals surface area contributed by atoms with Crippen LogP contribution < -0.4 is 10.4 Å². The molecule has 18 nitrogen and oxygen atoms in total. The molecule has 6 aromatic rings. The fourth-order valence-corrected chi connectivity index (χ4v) is 6.18. The van der Waals surface area contributed by atoms with Gasteiger partial charge in [-0.05, 0) is 11.1 Å². The maximum absolute atomic E-state index is 12.2. The summed E-state index contributed by atoms with van der Waals surface area (Å²) in [6.07, 6.45) is 0.835.